The Morgan fingerprint density at radius 1 is 0.947 bits per heavy atom. The Morgan fingerprint density at radius 2 is 1.58 bits per heavy atom. The first-order valence-corrected chi connectivity index (χ1v) is 6.83. The molecule has 0 N–H and O–H groups in total. The predicted octanol–water partition coefficient (Wildman–Crippen LogP) is 4.83. The molecule has 0 aliphatic rings. The third-order valence-corrected chi connectivity index (χ3v) is 3.45. The molecule has 0 aliphatic heterocycles. The second-order valence-corrected chi connectivity index (χ2v) is 5.81. The van der Waals surface area contributed by atoms with Crippen molar-refractivity contribution in [3.8, 4) is 0 Å². The Kier molecular flexibility index (Phi) is 4.62. The zero-order valence-corrected chi connectivity index (χ0v) is 12.2. The molecule has 100 valence electrons. The van der Waals surface area contributed by atoms with Crippen LogP contribution in [0.3, 0.4) is 0 Å². The summed E-state index contributed by atoms with van der Waals surface area (Å²) in [7, 11) is 0. The number of hydrogen-bond acceptors (Lipinski definition) is 1. The highest BCUT2D eigenvalue weighted by molar-refractivity contribution is 6.30. The SMILES string of the molecule is CC(C)(COCc1ccccc1)c1ccc(Cl)cc1. The molecule has 0 radical (unpaired) electrons. The molecule has 2 aromatic carbocycles. The van der Waals surface area contributed by atoms with Gasteiger partial charge in [0.1, 0.15) is 0 Å². The fourth-order valence-electron chi connectivity index (χ4n) is 1.98. The molecule has 19 heavy (non-hydrogen) atoms. The molecule has 1 nitrogen and oxygen atoms in total. The third kappa shape index (κ3) is 4.09. The summed E-state index contributed by atoms with van der Waals surface area (Å²) in [6.07, 6.45) is 0. The van der Waals surface area contributed by atoms with Crippen LogP contribution in [0.5, 0.6) is 0 Å². The van der Waals surface area contributed by atoms with Gasteiger partial charge in [0.2, 0.25) is 0 Å². The average molecular weight is 275 g/mol. The van der Waals surface area contributed by atoms with Gasteiger partial charge in [-0.05, 0) is 23.3 Å². The molecule has 2 rings (SSSR count). The number of ether oxygens (including phenoxy) is 1. The van der Waals surface area contributed by atoms with Crippen molar-refractivity contribution >= 4 is 11.6 Å². The number of rotatable bonds is 5. The molecule has 0 aromatic heterocycles. The minimum atomic E-state index is -0.0145. The maximum absolute atomic E-state index is 5.91. The van der Waals surface area contributed by atoms with Crippen LogP contribution in [0.4, 0.5) is 0 Å². The van der Waals surface area contributed by atoms with E-state index in [1.807, 2.05) is 30.3 Å². The van der Waals surface area contributed by atoms with Crippen LogP contribution in [0.15, 0.2) is 54.6 Å². The highest BCUT2D eigenvalue weighted by Crippen LogP contribution is 2.25. The Morgan fingerprint density at radius 3 is 2.21 bits per heavy atom. The van der Waals surface area contributed by atoms with Crippen molar-refractivity contribution < 1.29 is 4.74 Å². The van der Waals surface area contributed by atoms with Crippen LogP contribution in [0, 0.1) is 0 Å². The van der Waals surface area contributed by atoms with Crippen LogP contribution in [0.2, 0.25) is 5.02 Å². The Balaban J connectivity index is 1.92. The standard InChI is InChI=1S/C17H19ClO/c1-17(2,15-8-10-16(18)11-9-15)13-19-12-14-6-4-3-5-7-14/h3-11H,12-13H2,1-2H3. The largest absolute Gasteiger partial charge is 0.376 e. The minimum Gasteiger partial charge on any atom is -0.376 e. The van der Waals surface area contributed by atoms with Gasteiger partial charge in [-0.3, -0.25) is 0 Å². The van der Waals surface area contributed by atoms with Crippen molar-refractivity contribution in [3.63, 3.8) is 0 Å². The number of halogens is 1. The van der Waals surface area contributed by atoms with Crippen molar-refractivity contribution in [2.45, 2.75) is 25.9 Å². The summed E-state index contributed by atoms with van der Waals surface area (Å²) in [5.41, 5.74) is 2.43. The molecular formula is C17H19ClO. The van der Waals surface area contributed by atoms with Gasteiger partial charge in [0.25, 0.3) is 0 Å². The van der Waals surface area contributed by atoms with Gasteiger partial charge in [0.05, 0.1) is 13.2 Å². The average Bonchev–Trinajstić information content (AvgIpc) is 2.40. The maximum atomic E-state index is 5.91. The van der Waals surface area contributed by atoms with E-state index in [4.69, 9.17) is 16.3 Å². The molecule has 0 fully saturated rings. The molecule has 2 heteroatoms. The second-order valence-electron chi connectivity index (χ2n) is 5.37. The van der Waals surface area contributed by atoms with Gasteiger partial charge < -0.3 is 4.74 Å². The normalized spacial score (nSPS) is 11.5. The van der Waals surface area contributed by atoms with Gasteiger partial charge in [-0.25, -0.2) is 0 Å². The maximum Gasteiger partial charge on any atom is 0.0717 e. The highest BCUT2D eigenvalue weighted by atomic mass is 35.5. The zero-order chi connectivity index (χ0) is 13.7. The second kappa shape index (κ2) is 6.23. The topological polar surface area (TPSA) is 9.23 Å². The first-order valence-electron chi connectivity index (χ1n) is 6.46. The van der Waals surface area contributed by atoms with E-state index in [0.717, 1.165) is 5.02 Å². The number of benzene rings is 2. The van der Waals surface area contributed by atoms with Gasteiger partial charge in [0, 0.05) is 10.4 Å². The van der Waals surface area contributed by atoms with Crippen LogP contribution in [-0.2, 0) is 16.8 Å². The Hall–Kier alpha value is -1.31. The molecule has 0 unspecified atom stereocenters. The van der Waals surface area contributed by atoms with Gasteiger partial charge in [-0.2, -0.15) is 0 Å². The monoisotopic (exact) mass is 274 g/mol. The number of hydrogen-bond donors (Lipinski definition) is 0. The van der Waals surface area contributed by atoms with Gasteiger partial charge in [0.15, 0.2) is 0 Å². The third-order valence-electron chi connectivity index (χ3n) is 3.20. The van der Waals surface area contributed by atoms with Crippen LogP contribution in [0.1, 0.15) is 25.0 Å². The lowest BCUT2D eigenvalue weighted by Gasteiger charge is -2.25. The summed E-state index contributed by atoms with van der Waals surface area (Å²) in [5.74, 6) is 0. The summed E-state index contributed by atoms with van der Waals surface area (Å²) in [4.78, 5) is 0. The lowest BCUT2D eigenvalue weighted by atomic mass is 9.86. The Bertz CT molecular complexity index is 503. The fraction of sp³-hybridized carbons (Fsp3) is 0.294. The molecule has 0 spiro atoms. The molecule has 0 amide bonds. The van der Waals surface area contributed by atoms with Gasteiger partial charge >= 0.3 is 0 Å². The molecule has 0 bridgehead atoms. The first kappa shape index (κ1) is 14.1. The summed E-state index contributed by atoms with van der Waals surface area (Å²) in [6, 6.07) is 18.2. The summed E-state index contributed by atoms with van der Waals surface area (Å²) < 4.78 is 5.84. The van der Waals surface area contributed by atoms with Crippen molar-refractivity contribution in [1.29, 1.82) is 0 Å². The van der Waals surface area contributed by atoms with E-state index < -0.39 is 0 Å². The first-order chi connectivity index (χ1) is 9.08. The minimum absolute atomic E-state index is 0.0145. The van der Waals surface area contributed by atoms with E-state index in [9.17, 15) is 0 Å². The van der Waals surface area contributed by atoms with Crippen LogP contribution in [0.25, 0.3) is 0 Å². The van der Waals surface area contributed by atoms with Gasteiger partial charge in [-0.1, -0.05) is 67.9 Å². The molecular weight excluding hydrogens is 256 g/mol. The fourth-order valence-corrected chi connectivity index (χ4v) is 2.11. The zero-order valence-electron chi connectivity index (χ0n) is 11.4. The molecule has 0 heterocycles. The Labute approximate surface area is 120 Å². The van der Waals surface area contributed by atoms with Crippen molar-refractivity contribution in [2.24, 2.45) is 0 Å². The summed E-state index contributed by atoms with van der Waals surface area (Å²) >= 11 is 5.91. The summed E-state index contributed by atoms with van der Waals surface area (Å²) in [6.45, 7) is 5.70. The smallest absolute Gasteiger partial charge is 0.0717 e. The molecule has 0 saturated heterocycles. The van der Waals surface area contributed by atoms with Crippen LogP contribution >= 0.6 is 11.6 Å². The van der Waals surface area contributed by atoms with Crippen molar-refractivity contribution in [3.05, 3.63) is 70.7 Å². The van der Waals surface area contributed by atoms with E-state index in [-0.39, 0.29) is 5.41 Å². The quantitative estimate of drug-likeness (QED) is 0.758. The molecule has 0 saturated carbocycles. The van der Waals surface area contributed by atoms with E-state index in [1.165, 1.54) is 11.1 Å². The van der Waals surface area contributed by atoms with Crippen molar-refractivity contribution in [2.75, 3.05) is 6.61 Å². The van der Waals surface area contributed by atoms with Crippen LogP contribution < -0.4 is 0 Å². The lowest BCUT2D eigenvalue weighted by molar-refractivity contribution is 0.0825. The molecule has 0 atom stereocenters. The van der Waals surface area contributed by atoms with Gasteiger partial charge in [-0.15, -0.1) is 0 Å². The highest BCUT2D eigenvalue weighted by Gasteiger charge is 2.20. The molecule has 2 aromatic rings. The predicted molar refractivity (Wildman–Crippen MR) is 80.6 cm³/mol. The van der Waals surface area contributed by atoms with E-state index in [0.29, 0.717) is 13.2 Å². The van der Waals surface area contributed by atoms with E-state index in [1.54, 1.807) is 0 Å². The van der Waals surface area contributed by atoms with E-state index >= 15 is 0 Å². The lowest BCUT2D eigenvalue weighted by Crippen LogP contribution is -2.24. The van der Waals surface area contributed by atoms with Crippen LogP contribution in [-0.4, -0.2) is 6.61 Å². The molecule has 0 aliphatic carbocycles. The summed E-state index contributed by atoms with van der Waals surface area (Å²) in [5, 5.41) is 0.768. The van der Waals surface area contributed by atoms with Crippen molar-refractivity contribution in [1.82, 2.24) is 0 Å². The van der Waals surface area contributed by atoms with E-state index in [2.05, 4.69) is 38.1 Å².